The zero-order chi connectivity index (χ0) is 11.7. The van der Waals surface area contributed by atoms with Crippen LogP contribution < -0.4 is 11.1 Å². The molecule has 1 amide bonds. The molecule has 0 aromatic carbocycles. The summed E-state index contributed by atoms with van der Waals surface area (Å²) in [7, 11) is 0. The molecule has 0 radical (unpaired) electrons. The van der Waals surface area contributed by atoms with Gasteiger partial charge in [0.15, 0.2) is 5.13 Å². The minimum Gasteiger partial charge on any atom is -0.391 e. The Morgan fingerprint density at radius 1 is 1.75 bits per heavy atom. The third-order valence-corrected chi connectivity index (χ3v) is 3.64. The molecule has 16 heavy (non-hydrogen) atoms. The highest BCUT2D eigenvalue weighted by Crippen LogP contribution is 2.32. The molecule has 0 aliphatic heterocycles. The zero-order valence-electron chi connectivity index (χ0n) is 9.06. The maximum atomic E-state index is 11.7. The van der Waals surface area contributed by atoms with Crippen LogP contribution in [0.5, 0.6) is 0 Å². The fourth-order valence-corrected chi connectivity index (χ4v) is 2.30. The molecule has 6 heteroatoms. The number of nitrogens with one attached hydrogen (secondary N) is 1. The number of hydrogen-bond donors (Lipinski definition) is 3. The van der Waals surface area contributed by atoms with Crippen LogP contribution in [0.4, 0.5) is 5.13 Å². The van der Waals surface area contributed by atoms with Gasteiger partial charge in [0.25, 0.3) is 5.91 Å². The predicted molar refractivity (Wildman–Crippen MR) is 62.3 cm³/mol. The number of hydrogen-bond acceptors (Lipinski definition) is 5. The van der Waals surface area contributed by atoms with Gasteiger partial charge in [-0.1, -0.05) is 11.3 Å². The van der Waals surface area contributed by atoms with E-state index in [1.54, 1.807) is 6.92 Å². The number of nitrogen functional groups attached to an aromatic ring is 1. The highest BCUT2D eigenvalue weighted by atomic mass is 32.1. The molecule has 1 atom stereocenters. The number of carbonyl (C=O) groups excluding carboxylic acids is 1. The number of aromatic nitrogens is 1. The second kappa shape index (κ2) is 4.39. The van der Waals surface area contributed by atoms with Crippen molar-refractivity contribution < 1.29 is 9.90 Å². The van der Waals surface area contributed by atoms with Crippen LogP contribution in [0.2, 0.25) is 0 Å². The van der Waals surface area contributed by atoms with Gasteiger partial charge in [-0.2, -0.15) is 0 Å². The molecule has 1 aliphatic rings. The van der Waals surface area contributed by atoms with Crippen molar-refractivity contribution in [3.63, 3.8) is 0 Å². The van der Waals surface area contributed by atoms with Gasteiger partial charge in [-0.15, -0.1) is 0 Å². The van der Waals surface area contributed by atoms with E-state index in [1.807, 2.05) is 0 Å². The summed E-state index contributed by atoms with van der Waals surface area (Å²) in [6.45, 7) is 2.06. The molecule has 0 spiro atoms. The Kier molecular flexibility index (Phi) is 3.11. The van der Waals surface area contributed by atoms with E-state index in [0.717, 1.165) is 12.8 Å². The summed E-state index contributed by atoms with van der Waals surface area (Å²) in [5.74, 6) is 0.166. The summed E-state index contributed by atoms with van der Waals surface area (Å²) in [5.41, 5.74) is 6.15. The van der Waals surface area contributed by atoms with E-state index in [0.29, 0.717) is 28.2 Å². The molecule has 1 aromatic heterocycles. The Bertz CT molecular complexity index is 401. The number of nitrogens with zero attached hydrogens (tertiary/aromatic N) is 1. The number of aliphatic hydroxyl groups is 1. The average molecular weight is 241 g/mol. The maximum Gasteiger partial charge on any atom is 0.263 e. The van der Waals surface area contributed by atoms with Crippen molar-refractivity contribution in [1.29, 1.82) is 0 Å². The Hall–Kier alpha value is -1.14. The van der Waals surface area contributed by atoms with Crippen molar-refractivity contribution >= 4 is 22.4 Å². The molecule has 1 saturated carbocycles. The highest BCUT2D eigenvalue weighted by molar-refractivity contribution is 7.17. The maximum absolute atomic E-state index is 11.7. The Labute approximate surface area is 97.7 Å². The summed E-state index contributed by atoms with van der Waals surface area (Å²) in [6.07, 6.45) is 1.70. The molecule has 1 heterocycles. The number of aryl methyl sites for hydroxylation is 1. The molecule has 0 bridgehead atoms. The van der Waals surface area contributed by atoms with E-state index >= 15 is 0 Å². The van der Waals surface area contributed by atoms with E-state index in [4.69, 9.17) is 5.73 Å². The molecule has 1 aromatic rings. The lowest BCUT2D eigenvalue weighted by Gasteiger charge is -2.09. The van der Waals surface area contributed by atoms with Crippen molar-refractivity contribution in [1.82, 2.24) is 10.3 Å². The standard InChI is InChI=1S/C10H15N3O2S/c1-5-8(16-10(11)13-5)9(15)12-4-7(14)6-2-3-6/h6-7,14H,2-4H2,1H3,(H2,11,13)(H,12,15). The van der Waals surface area contributed by atoms with Crippen molar-refractivity contribution in [2.75, 3.05) is 12.3 Å². The molecule has 4 N–H and O–H groups in total. The molecule has 2 rings (SSSR count). The van der Waals surface area contributed by atoms with Crippen LogP contribution in [-0.2, 0) is 0 Å². The predicted octanol–water partition coefficient (Wildman–Crippen LogP) is 0.534. The third kappa shape index (κ3) is 2.51. The molecular weight excluding hydrogens is 226 g/mol. The van der Waals surface area contributed by atoms with Crippen LogP contribution >= 0.6 is 11.3 Å². The van der Waals surface area contributed by atoms with E-state index in [1.165, 1.54) is 11.3 Å². The first-order valence-electron chi connectivity index (χ1n) is 5.27. The lowest BCUT2D eigenvalue weighted by atomic mass is 10.2. The van der Waals surface area contributed by atoms with Gasteiger partial charge in [0.2, 0.25) is 0 Å². The number of rotatable bonds is 4. The summed E-state index contributed by atoms with van der Waals surface area (Å²) in [4.78, 5) is 16.2. The van der Waals surface area contributed by atoms with Crippen molar-refractivity contribution in [2.45, 2.75) is 25.9 Å². The van der Waals surface area contributed by atoms with Crippen LogP contribution in [0.3, 0.4) is 0 Å². The molecule has 5 nitrogen and oxygen atoms in total. The summed E-state index contributed by atoms with van der Waals surface area (Å²) in [6, 6.07) is 0. The van der Waals surface area contributed by atoms with Gasteiger partial charge in [0, 0.05) is 6.54 Å². The number of amides is 1. The quantitative estimate of drug-likeness (QED) is 0.717. The fourth-order valence-electron chi connectivity index (χ4n) is 1.55. The first-order valence-corrected chi connectivity index (χ1v) is 6.08. The van der Waals surface area contributed by atoms with Crippen LogP contribution in [-0.4, -0.2) is 28.6 Å². The number of anilines is 1. The fraction of sp³-hybridized carbons (Fsp3) is 0.600. The highest BCUT2D eigenvalue weighted by Gasteiger charge is 2.30. The minimum atomic E-state index is -0.422. The Morgan fingerprint density at radius 2 is 2.44 bits per heavy atom. The second-order valence-corrected chi connectivity index (χ2v) is 5.11. The molecule has 1 aliphatic carbocycles. The molecule has 88 valence electrons. The lowest BCUT2D eigenvalue weighted by Crippen LogP contribution is -2.33. The van der Waals surface area contributed by atoms with Gasteiger partial charge in [-0.05, 0) is 25.7 Å². The van der Waals surface area contributed by atoms with Gasteiger partial charge in [0.05, 0.1) is 11.8 Å². The van der Waals surface area contributed by atoms with E-state index in [2.05, 4.69) is 10.3 Å². The molecule has 1 fully saturated rings. The minimum absolute atomic E-state index is 0.202. The first kappa shape index (κ1) is 11.3. The van der Waals surface area contributed by atoms with Gasteiger partial charge in [-0.25, -0.2) is 4.98 Å². The average Bonchev–Trinajstić information content (AvgIpc) is 3.01. The van der Waals surface area contributed by atoms with Crippen molar-refractivity contribution in [3.05, 3.63) is 10.6 Å². The normalized spacial score (nSPS) is 17.1. The second-order valence-electron chi connectivity index (χ2n) is 4.08. The van der Waals surface area contributed by atoms with Crippen molar-refractivity contribution in [2.24, 2.45) is 5.92 Å². The van der Waals surface area contributed by atoms with Gasteiger partial charge in [-0.3, -0.25) is 4.79 Å². The van der Waals surface area contributed by atoms with E-state index < -0.39 is 6.10 Å². The topological polar surface area (TPSA) is 88.2 Å². The lowest BCUT2D eigenvalue weighted by molar-refractivity contribution is 0.0904. The molecular formula is C10H15N3O2S. The number of carbonyl (C=O) groups is 1. The SMILES string of the molecule is Cc1nc(N)sc1C(=O)NCC(O)C1CC1. The van der Waals surface area contributed by atoms with E-state index in [-0.39, 0.29) is 5.91 Å². The monoisotopic (exact) mass is 241 g/mol. The summed E-state index contributed by atoms with van der Waals surface area (Å²) >= 11 is 1.17. The summed E-state index contributed by atoms with van der Waals surface area (Å²) < 4.78 is 0. The Morgan fingerprint density at radius 3 is 2.94 bits per heavy atom. The first-order chi connectivity index (χ1) is 7.58. The Balaban J connectivity index is 1.89. The smallest absolute Gasteiger partial charge is 0.263 e. The third-order valence-electron chi connectivity index (χ3n) is 2.66. The largest absolute Gasteiger partial charge is 0.391 e. The van der Waals surface area contributed by atoms with Crippen LogP contribution in [0.15, 0.2) is 0 Å². The van der Waals surface area contributed by atoms with Gasteiger partial charge in [0.1, 0.15) is 4.88 Å². The molecule has 1 unspecified atom stereocenters. The van der Waals surface area contributed by atoms with Gasteiger partial charge >= 0.3 is 0 Å². The number of aliphatic hydroxyl groups excluding tert-OH is 1. The summed E-state index contributed by atoms with van der Waals surface area (Å²) in [5, 5.41) is 12.7. The number of thiazole rings is 1. The van der Waals surface area contributed by atoms with Crippen LogP contribution in [0.25, 0.3) is 0 Å². The van der Waals surface area contributed by atoms with Crippen molar-refractivity contribution in [3.8, 4) is 0 Å². The van der Waals surface area contributed by atoms with E-state index in [9.17, 15) is 9.90 Å². The zero-order valence-corrected chi connectivity index (χ0v) is 9.88. The number of nitrogens with two attached hydrogens (primary N) is 1. The van der Waals surface area contributed by atoms with Crippen LogP contribution in [0, 0.1) is 12.8 Å². The van der Waals surface area contributed by atoms with Gasteiger partial charge < -0.3 is 16.2 Å². The van der Waals surface area contributed by atoms with Crippen LogP contribution in [0.1, 0.15) is 28.2 Å². The molecule has 0 saturated heterocycles.